The van der Waals surface area contributed by atoms with Crippen LogP contribution in [-0.4, -0.2) is 39.2 Å². The molecule has 126 valence electrons. The highest BCUT2D eigenvalue weighted by atomic mass is 127. The van der Waals surface area contributed by atoms with Crippen LogP contribution in [0, 0.1) is 6.92 Å². The van der Waals surface area contributed by atoms with Gasteiger partial charge in [0.1, 0.15) is 12.9 Å². The summed E-state index contributed by atoms with van der Waals surface area (Å²) in [7, 11) is 3.97. The average Bonchev–Trinajstić information content (AvgIpc) is 2.91. The molecule has 0 aliphatic heterocycles. The third-order valence-electron chi connectivity index (χ3n) is 3.54. The molecule has 0 saturated heterocycles. The Morgan fingerprint density at radius 3 is 2.70 bits per heavy atom. The Morgan fingerprint density at radius 1 is 1.35 bits per heavy atom. The minimum absolute atomic E-state index is 0. The Hall–Kier alpha value is -1.64. The molecule has 0 aliphatic rings. The number of guanidine groups is 1. The van der Waals surface area contributed by atoms with Crippen molar-refractivity contribution in [3.63, 3.8) is 0 Å². The smallest absolute Gasteiger partial charge is 0.194 e. The number of aromatic nitrogens is 3. The first-order valence-corrected chi connectivity index (χ1v) is 7.48. The highest BCUT2D eigenvalue weighted by Crippen LogP contribution is 2.09. The van der Waals surface area contributed by atoms with Crippen LogP contribution in [0.3, 0.4) is 0 Å². The number of benzene rings is 1. The maximum Gasteiger partial charge on any atom is 0.194 e. The summed E-state index contributed by atoms with van der Waals surface area (Å²) >= 11 is 0. The van der Waals surface area contributed by atoms with Gasteiger partial charge in [0.15, 0.2) is 11.8 Å². The molecule has 1 N–H and O–H groups in total. The van der Waals surface area contributed by atoms with Gasteiger partial charge < -0.3 is 14.8 Å². The van der Waals surface area contributed by atoms with Crippen LogP contribution < -0.4 is 5.32 Å². The predicted molar refractivity (Wildman–Crippen MR) is 104 cm³/mol. The van der Waals surface area contributed by atoms with Gasteiger partial charge in [0.05, 0.1) is 0 Å². The van der Waals surface area contributed by atoms with Crippen LogP contribution in [0.2, 0.25) is 0 Å². The third-order valence-corrected chi connectivity index (χ3v) is 3.54. The van der Waals surface area contributed by atoms with Crippen LogP contribution in [0.25, 0.3) is 0 Å². The van der Waals surface area contributed by atoms with E-state index < -0.39 is 0 Å². The number of hydrogen-bond acceptors (Lipinski definition) is 3. The summed E-state index contributed by atoms with van der Waals surface area (Å²) in [5.74, 6) is 1.72. The zero-order valence-electron chi connectivity index (χ0n) is 14.2. The van der Waals surface area contributed by atoms with Gasteiger partial charge in [0.2, 0.25) is 0 Å². The molecule has 0 spiro atoms. The Labute approximate surface area is 155 Å². The van der Waals surface area contributed by atoms with Gasteiger partial charge in [-0.2, -0.15) is 0 Å². The molecule has 0 aliphatic carbocycles. The van der Waals surface area contributed by atoms with E-state index in [0.717, 1.165) is 24.9 Å². The van der Waals surface area contributed by atoms with Gasteiger partial charge in [-0.05, 0) is 25.0 Å². The molecule has 2 aromatic rings. The summed E-state index contributed by atoms with van der Waals surface area (Å²) in [4.78, 5) is 6.78. The van der Waals surface area contributed by atoms with E-state index in [1.807, 2.05) is 18.7 Å². The van der Waals surface area contributed by atoms with Crippen molar-refractivity contribution in [2.75, 3.05) is 13.6 Å². The number of halogens is 1. The Kier molecular flexibility index (Phi) is 8.01. The molecule has 23 heavy (non-hydrogen) atoms. The van der Waals surface area contributed by atoms with Crippen LogP contribution in [0.1, 0.15) is 23.9 Å². The summed E-state index contributed by atoms with van der Waals surface area (Å²) < 4.78 is 1.88. The van der Waals surface area contributed by atoms with Crippen molar-refractivity contribution >= 4 is 29.9 Å². The number of nitrogens with one attached hydrogen (secondary N) is 1. The van der Waals surface area contributed by atoms with E-state index >= 15 is 0 Å². The molecular weight excluding hydrogens is 403 g/mol. The molecule has 1 heterocycles. The van der Waals surface area contributed by atoms with Crippen molar-refractivity contribution in [2.24, 2.45) is 12.0 Å². The molecule has 1 aromatic carbocycles. The SMILES string of the molecule is CCNC(=NCc1nncn1C)N(C)Cc1ccccc1C.I. The maximum atomic E-state index is 4.65. The van der Waals surface area contributed by atoms with Crippen LogP contribution >= 0.6 is 24.0 Å². The van der Waals surface area contributed by atoms with Crippen molar-refractivity contribution in [3.05, 3.63) is 47.5 Å². The van der Waals surface area contributed by atoms with Crippen LogP contribution in [0.15, 0.2) is 35.6 Å². The molecule has 2 rings (SSSR count). The summed E-state index contributed by atoms with van der Waals surface area (Å²) in [5, 5.41) is 11.3. The molecule has 0 fully saturated rings. The third kappa shape index (κ3) is 5.49. The van der Waals surface area contributed by atoms with Crippen molar-refractivity contribution in [1.29, 1.82) is 0 Å². The second-order valence-electron chi connectivity index (χ2n) is 5.31. The summed E-state index contributed by atoms with van der Waals surface area (Å²) in [6.07, 6.45) is 1.69. The topological polar surface area (TPSA) is 58.3 Å². The van der Waals surface area contributed by atoms with E-state index in [2.05, 4.69) is 63.5 Å². The van der Waals surface area contributed by atoms with E-state index in [0.29, 0.717) is 6.54 Å². The molecule has 0 radical (unpaired) electrons. The molecule has 0 amide bonds. The summed E-state index contributed by atoms with van der Waals surface area (Å²) in [6.45, 7) is 6.36. The molecule has 0 bridgehead atoms. The number of aliphatic imine (C=N–C) groups is 1. The van der Waals surface area contributed by atoms with E-state index in [4.69, 9.17) is 0 Å². The van der Waals surface area contributed by atoms with Gasteiger partial charge in [-0.1, -0.05) is 24.3 Å². The Morgan fingerprint density at radius 2 is 2.09 bits per heavy atom. The van der Waals surface area contributed by atoms with Crippen LogP contribution in [-0.2, 0) is 20.1 Å². The van der Waals surface area contributed by atoms with Gasteiger partial charge in [-0.15, -0.1) is 34.2 Å². The fraction of sp³-hybridized carbons (Fsp3) is 0.438. The van der Waals surface area contributed by atoms with Crippen LogP contribution in [0.4, 0.5) is 0 Å². The fourth-order valence-corrected chi connectivity index (χ4v) is 2.18. The van der Waals surface area contributed by atoms with E-state index in [9.17, 15) is 0 Å². The molecule has 0 saturated carbocycles. The monoisotopic (exact) mass is 428 g/mol. The van der Waals surface area contributed by atoms with Crippen molar-refractivity contribution in [1.82, 2.24) is 25.0 Å². The van der Waals surface area contributed by atoms with E-state index in [-0.39, 0.29) is 24.0 Å². The normalized spacial score (nSPS) is 11.0. The number of rotatable bonds is 5. The van der Waals surface area contributed by atoms with Gasteiger partial charge in [0.25, 0.3) is 0 Å². The Balaban J connectivity index is 0.00000264. The molecule has 7 heteroatoms. The van der Waals surface area contributed by atoms with Gasteiger partial charge in [-0.25, -0.2) is 4.99 Å². The Bertz CT molecular complexity index is 637. The molecule has 0 unspecified atom stereocenters. The minimum Gasteiger partial charge on any atom is -0.357 e. The van der Waals surface area contributed by atoms with Crippen LogP contribution in [0.5, 0.6) is 0 Å². The quantitative estimate of drug-likeness (QED) is 0.451. The lowest BCUT2D eigenvalue weighted by Crippen LogP contribution is -2.38. The zero-order chi connectivity index (χ0) is 15.9. The highest BCUT2D eigenvalue weighted by molar-refractivity contribution is 14.0. The zero-order valence-corrected chi connectivity index (χ0v) is 16.5. The molecular formula is C16H25IN6. The standard InChI is InChI=1S/C16H24N6.HI/c1-5-17-16(18-10-15-20-19-12-22(15)4)21(3)11-14-9-7-6-8-13(14)2;/h6-9,12H,5,10-11H2,1-4H3,(H,17,18);1H. The largest absolute Gasteiger partial charge is 0.357 e. The van der Waals surface area contributed by atoms with Gasteiger partial charge >= 0.3 is 0 Å². The number of nitrogens with zero attached hydrogens (tertiary/aromatic N) is 5. The number of aryl methyl sites for hydroxylation is 2. The van der Waals surface area contributed by atoms with E-state index in [1.54, 1.807) is 6.33 Å². The first-order chi connectivity index (χ1) is 10.6. The summed E-state index contributed by atoms with van der Waals surface area (Å²) in [6, 6.07) is 8.41. The second-order valence-corrected chi connectivity index (χ2v) is 5.31. The lowest BCUT2D eigenvalue weighted by Gasteiger charge is -2.23. The van der Waals surface area contributed by atoms with Gasteiger partial charge in [-0.3, -0.25) is 0 Å². The fourth-order valence-electron chi connectivity index (χ4n) is 2.18. The maximum absolute atomic E-state index is 4.65. The lowest BCUT2D eigenvalue weighted by molar-refractivity contribution is 0.475. The van der Waals surface area contributed by atoms with Gasteiger partial charge in [0, 0.05) is 27.2 Å². The average molecular weight is 428 g/mol. The lowest BCUT2D eigenvalue weighted by atomic mass is 10.1. The van der Waals surface area contributed by atoms with Crippen molar-refractivity contribution < 1.29 is 0 Å². The predicted octanol–water partition coefficient (Wildman–Crippen LogP) is 2.34. The minimum atomic E-state index is 0. The molecule has 0 atom stereocenters. The second kappa shape index (κ2) is 9.49. The first-order valence-electron chi connectivity index (χ1n) is 7.48. The summed E-state index contributed by atoms with van der Waals surface area (Å²) in [5.41, 5.74) is 2.59. The highest BCUT2D eigenvalue weighted by Gasteiger charge is 2.08. The number of hydrogen-bond donors (Lipinski definition) is 1. The molecule has 1 aromatic heterocycles. The first kappa shape index (κ1) is 19.4. The molecule has 6 nitrogen and oxygen atoms in total. The van der Waals surface area contributed by atoms with E-state index in [1.165, 1.54) is 11.1 Å². The van der Waals surface area contributed by atoms with Crippen molar-refractivity contribution in [3.8, 4) is 0 Å². The van der Waals surface area contributed by atoms with Crippen molar-refractivity contribution in [2.45, 2.75) is 26.9 Å².